The van der Waals surface area contributed by atoms with Crippen molar-refractivity contribution in [3.8, 4) is 0 Å². The van der Waals surface area contributed by atoms with Crippen molar-refractivity contribution in [1.29, 1.82) is 0 Å². The molecule has 0 heterocycles. The molecule has 0 saturated carbocycles. The number of ether oxygens (including phenoxy) is 1. The molecule has 6 heteroatoms. The maximum atomic E-state index is 13.6. The van der Waals surface area contributed by atoms with Crippen molar-refractivity contribution in [2.45, 2.75) is 6.61 Å². The number of methoxy groups -OCH3 is 1. The van der Waals surface area contributed by atoms with Crippen molar-refractivity contribution in [1.82, 2.24) is 0 Å². The number of carbonyl (C=O) groups excluding carboxylic acids is 2. The number of aldehydes is 1. The highest BCUT2D eigenvalue weighted by molar-refractivity contribution is 5.98. The van der Waals surface area contributed by atoms with E-state index in [1.807, 2.05) is 0 Å². The zero-order valence-corrected chi connectivity index (χ0v) is 8.29. The molecule has 1 aromatic rings. The average molecular weight is 230 g/mol. The molecule has 0 saturated heterocycles. The van der Waals surface area contributed by atoms with Crippen LogP contribution < -0.4 is 0 Å². The Bertz CT molecular complexity index is 443. The number of rotatable bonds is 3. The minimum atomic E-state index is -1.28. The van der Waals surface area contributed by atoms with Gasteiger partial charge in [-0.3, -0.25) is 4.79 Å². The topological polar surface area (TPSA) is 63.6 Å². The molecule has 1 N–H and O–H groups in total. The maximum Gasteiger partial charge on any atom is 0.341 e. The van der Waals surface area contributed by atoms with E-state index in [-0.39, 0.29) is 6.29 Å². The third-order valence-corrected chi connectivity index (χ3v) is 2.02. The Balaban J connectivity index is 3.55. The highest BCUT2D eigenvalue weighted by atomic mass is 19.1. The molecule has 0 atom stereocenters. The van der Waals surface area contributed by atoms with Gasteiger partial charge in [-0.15, -0.1) is 0 Å². The lowest BCUT2D eigenvalue weighted by atomic mass is 10.0. The van der Waals surface area contributed by atoms with Gasteiger partial charge in [-0.1, -0.05) is 0 Å². The molecule has 0 aliphatic carbocycles. The van der Waals surface area contributed by atoms with E-state index in [0.717, 1.165) is 7.11 Å². The van der Waals surface area contributed by atoms with Crippen molar-refractivity contribution in [3.05, 3.63) is 34.4 Å². The summed E-state index contributed by atoms with van der Waals surface area (Å²) in [7, 11) is 0.998. The van der Waals surface area contributed by atoms with Gasteiger partial charge in [0.2, 0.25) is 0 Å². The summed E-state index contributed by atoms with van der Waals surface area (Å²) in [6.45, 7) is -0.916. The standard InChI is InChI=1S/C10H8F2O4/c1-16-10(15)8-5(3-13)2-7(11)6(4-14)9(8)12/h2-3,14H,4H2,1H3. The van der Waals surface area contributed by atoms with Crippen LogP contribution >= 0.6 is 0 Å². The first-order valence-corrected chi connectivity index (χ1v) is 4.22. The van der Waals surface area contributed by atoms with Crippen LogP contribution in [0, 0.1) is 11.6 Å². The Morgan fingerprint density at radius 3 is 2.62 bits per heavy atom. The quantitative estimate of drug-likeness (QED) is 0.622. The number of aliphatic hydroxyl groups excluding tert-OH is 1. The lowest BCUT2D eigenvalue weighted by molar-refractivity contribution is 0.0592. The molecule has 0 spiro atoms. The summed E-state index contributed by atoms with van der Waals surface area (Å²) in [5, 5.41) is 8.72. The van der Waals surface area contributed by atoms with E-state index >= 15 is 0 Å². The van der Waals surface area contributed by atoms with Crippen LogP contribution in [-0.4, -0.2) is 24.5 Å². The molecule has 4 nitrogen and oxygen atoms in total. The number of carbonyl (C=O) groups is 2. The second-order valence-corrected chi connectivity index (χ2v) is 2.88. The van der Waals surface area contributed by atoms with Gasteiger partial charge < -0.3 is 9.84 Å². The predicted molar refractivity (Wildman–Crippen MR) is 49.0 cm³/mol. The molecular formula is C10H8F2O4. The summed E-state index contributed by atoms with van der Waals surface area (Å²) in [6.07, 6.45) is 0.138. The van der Waals surface area contributed by atoms with Gasteiger partial charge >= 0.3 is 5.97 Å². The van der Waals surface area contributed by atoms with Crippen molar-refractivity contribution < 1.29 is 28.2 Å². The fourth-order valence-corrected chi connectivity index (χ4v) is 1.23. The first kappa shape index (κ1) is 12.3. The van der Waals surface area contributed by atoms with Crippen LogP contribution in [0.1, 0.15) is 26.3 Å². The Morgan fingerprint density at radius 2 is 2.19 bits per heavy atom. The van der Waals surface area contributed by atoms with Gasteiger partial charge in [0.25, 0.3) is 0 Å². The highest BCUT2D eigenvalue weighted by Crippen LogP contribution is 2.21. The van der Waals surface area contributed by atoms with E-state index in [1.165, 1.54) is 0 Å². The molecular weight excluding hydrogens is 222 g/mol. The number of halogens is 2. The number of hydrogen-bond acceptors (Lipinski definition) is 4. The molecule has 1 aromatic carbocycles. The molecule has 0 aliphatic rings. The van der Waals surface area contributed by atoms with Gasteiger partial charge in [-0.2, -0.15) is 0 Å². The van der Waals surface area contributed by atoms with E-state index in [1.54, 1.807) is 0 Å². The number of aliphatic hydroxyl groups is 1. The first-order chi connectivity index (χ1) is 7.56. The van der Waals surface area contributed by atoms with Gasteiger partial charge in [-0.05, 0) is 6.07 Å². The third kappa shape index (κ3) is 1.92. The van der Waals surface area contributed by atoms with E-state index in [0.29, 0.717) is 6.07 Å². The van der Waals surface area contributed by atoms with Crippen LogP contribution in [0.15, 0.2) is 6.07 Å². The van der Waals surface area contributed by atoms with E-state index in [2.05, 4.69) is 4.74 Å². The first-order valence-electron chi connectivity index (χ1n) is 4.22. The van der Waals surface area contributed by atoms with Gasteiger partial charge in [0.15, 0.2) is 6.29 Å². The zero-order valence-electron chi connectivity index (χ0n) is 8.29. The molecule has 0 bridgehead atoms. The van der Waals surface area contributed by atoms with E-state index in [9.17, 15) is 18.4 Å². The van der Waals surface area contributed by atoms with Crippen LogP contribution in [0.4, 0.5) is 8.78 Å². The Hall–Kier alpha value is -1.82. The van der Waals surface area contributed by atoms with Crippen LogP contribution in [-0.2, 0) is 11.3 Å². The molecule has 0 fully saturated rings. The molecule has 0 aliphatic heterocycles. The second kappa shape index (κ2) is 4.80. The third-order valence-electron chi connectivity index (χ3n) is 2.02. The Morgan fingerprint density at radius 1 is 1.56 bits per heavy atom. The van der Waals surface area contributed by atoms with Crippen LogP contribution in [0.25, 0.3) is 0 Å². The molecule has 86 valence electrons. The number of esters is 1. The van der Waals surface area contributed by atoms with Gasteiger partial charge in [-0.25, -0.2) is 13.6 Å². The van der Waals surface area contributed by atoms with E-state index < -0.39 is 40.9 Å². The molecule has 0 radical (unpaired) electrons. The molecule has 0 aromatic heterocycles. The van der Waals surface area contributed by atoms with Crippen molar-refractivity contribution in [3.63, 3.8) is 0 Å². The summed E-state index contributed by atoms with van der Waals surface area (Å²) >= 11 is 0. The average Bonchev–Trinajstić information content (AvgIpc) is 2.27. The molecule has 0 amide bonds. The monoisotopic (exact) mass is 230 g/mol. The van der Waals surface area contributed by atoms with Gasteiger partial charge in [0.05, 0.1) is 13.7 Å². The van der Waals surface area contributed by atoms with Crippen LogP contribution in [0.3, 0.4) is 0 Å². The zero-order chi connectivity index (χ0) is 12.3. The van der Waals surface area contributed by atoms with Crippen LogP contribution in [0.2, 0.25) is 0 Å². The van der Waals surface area contributed by atoms with Gasteiger partial charge in [0, 0.05) is 11.1 Å². The summed E-state index contributed by atoms with van der Waals surface area (Å²) < 4.78 is 31.0. The minimum absolute atomic E-state index is 0.138. The van der Waals surface area contributed by atoms with E-state index in [4.69, 9.17) is 5.11 Å². The minimum Gasteiger partial charge on any atom is -0.465 e. The lowest BCUT2D eigenvalue weighted by Gasteiger charge is -2.08. The lowest BCUT2D eigenvalue weighted by Crippen LogP contribution is -2.12. The van der Waals surface area contributed by atoms with Gasteiger partial charge in [0.1, 0.15) is 17.2 Å². The highest BCUT2D eigenvalue weighted by Gasteiger charge is 2.23. The smallest absolute Gasteiger partial charge is 0.341 e. The molecule has 0 unspecified atom stereocenters. The summed E-state index contributed by atoms with van der Waals surface area (Å²) in [4.78, 5) is 21.7. The fourth-order valence-electron chi connectivity index (χ4n) is 1.23. The Kier molecular flexibility index (Phi) is 3.68. The summed E-state index contributed by atoms with van der Waals surface area (Å²) in [5.41, 5.74) is -1.81. The SMILES string of the molecule is COC(=O)c1c(C=O)cc(F)c(CO)c1F. The summed E-state index contributed by atoms with van der Waals surface area (Å²) in [5.74, 6) is -3.47. The van der Waals surface area contributed by atoms with Crippen molar-refractivity contribution >= 4 is 12.3 Å². The maximum absolute atomic E-state index is 13.6. The normalized spacial score (nSPS) is 10.0. The Labute approximate surface area is 89.5 Å². The molecule has 1 rings (SSSR count). The molecule has 16 heavy (non-hydrogen) atoms. The largest absolute Gasteiger partial charge is 0.465 e. The predicted octanol–water partition coefficient (Wildman–Crippen LogP) is 1.06. The number of benzene rings is 1. The van der Waals surface area contributed by atoms with Crippen LogP contribution in [0.5, 0.6) is 0 Å². The summed E-state index contributed by atoms with van der Waals surface area (Å²) in [6, 6.07) is 0.674. The second-order valence-electron chi connectivity index (χ2n) is 2.88. The fraction of sp³-hybridized carbons (Fsp3) is 0.200. The van der Waals surface area contributed by atoms with Crippen molar-refractivity contribution in [2.75, 3.05) is 7.11 Å². The van der Waals surface area contributed by atoms with Crippen molar-refractivity contribution in [2.24, 2.45) is 0 Å². The number of hydrogen-bond donors (Lipinski definition) is 1.